The summed E-state index contributed by atoms with van der Waals surface area (Å²) in [6, 6.07) is 1.58. The van der Waals surface area contributed by atoms with Crippen LogP contribution in [0.4, 0.5) is 13.2 Å². The second kappa shape index (κ2) is 8.51. The molecule has 0 amide bonds. The smallest absolute Gasteiger partial charge is 0.434 e. The summed E-state index contributed by atoms with van der Waals surface area (Å²) in [6.45, 7) is 2.73. The fraction of sp³-hybridized carbons (Fsp3) is 0.500. The third kappa shape index (κ3) is 4.62. The highest BCUT2D eigenvalue weighted by Crippen LogP contribution is 2.38. The van der Waals surface area contributed by atoms with Gasteiger partial charge < -0.3 is 14.2 Å². The third-order valence-electron chi connectivity index (χ3n) is 3.20. The molecule has 0 unspecified atom stereocenters. The van der Waals surface area contributed by atoms with Crippen molar-refractivity contribution in [1.82, 2.24) is 4.98 Å². The predicted octanol–water partition coefficient (Wildman–Crippen LogP) is 2.77. The lowest BCUT2D eigenvalue weighted by atomic mass is 9.92. The molecule has 0 fully saturated rings. The van der Waals surface area contributed by atoms with Crippen molar-refractivity contribution in [2.75, 3.05) is 20.8 Å². The summed E-state index contributed by atoms with van der Waals surface area (Å²) >= 11 is 0. The number of pyridine rings is 1. The van der Waals surface area contributed by atoms with Crippen LogP contribution in [0.1, 0.15) is 45.8 Å². The van der Waals surface area contributed by atoms with E-state index in [9.17, 15) is 22.8 Å². The maximum Gasteiger partial charge on any atom is 0.434 e. The van der Waals surface area contributed by atoms with Crippen molar-refractivity contribution in [2.24, 2.45) is 5.92 Å². The van der Waals surface area contributed by atoms with Gasteiger partial charge in [-0.2, -0.15) is 18.4 Å². The van der Waals surface area contributed by atoms with Crippen LogP contribution in [0.25, 0.3) is 0 Å². The monoisotopic (exact) mass is 374 g/mol. The number of nitriles is 1. The molecule has 0 aliphatic carbocycles. The Morgan fingerprint density at radius 3 is 2.12 bits per heavy atom. The molecule has 1 rings (SSSR count). The second-order valence-electron chi connectivity index (χ2n) is 5.52. The van der Waals surface area contributed by atoms with Gasteiger partial charge >= 0.3 is 18.1 Å². The molecule has 0 saturated carbocycles. The van der Waals surface area contributed by atoms with E-state index < -0.39 is 47.4 Å². The van der Waals surface area contributed by atoms with Gasteiger partial charge in [-0.25, -0.2) is 14.6 Å². The first-order valence-corrected chi connectivity index (χ1v) is 7.38. The Hall–Kier alpha value is -2.83. The molecule has 0 bridgehead atoms. The van der Waals surface area contributed by atoms with Gasteiger partial charge in [-0.15, -0.1) is 0 Å². The predicted molar refractivity (Wildman–Crippen MR) is 81.6 cm³/mol. The highest BCUT2D eigenvalue weighted by molar-refractivity contribution is 6.00. The van der Waals surface area contributed by atoms with Gasteiger partial charge in [0.2, 0.25) is 5.88 Å². The first-order chi connectivity index (χ1) is 12.1. The third-order valence-corrected chi connectivity index (χ3v) is 3.20. The number of methoxy groups -OCH3 is 2. The molecule has 1 aromatic heterocycles. The molecule has 0 saturated heterocycles. The number of esters is 2. The van der Waals surface area contributed by atoms with E-state index >= 15 is 0 Å². The Bertz CT molecular complexity index is 739. The average molecular weight is 374 g/mol. The van der Waals surface area contributed by atoms with E-state index in [4.69, 9.17) is 10.00 Å². The number of carbonyl (C=O) groups excluding carboxylic acids is 2. The molecule has 0 aliphatic rings. The second-order valence-corrected chi connectivity index (χ2v) is 5.52. The SMILES string of the molecule is COC(=O)c1c(OCC#N)nc(C(F)(F)F)c(C(=O)OC)c1CC(C)C. The van der Waals surface area contributed by atoms with Crippen molar-refractivity contribution < 1.29 is 37.0 Å². The number of hydrogen-bond acceptors (Lipinski definition) is 7. The molecule has 0 spiro atoms. The van der Waals surface area contributed by atoms with Crippen molar-refractivity contribution in [3.05, 3.63) is 22.4 Å². The molecule has 0 aromatic carbocycles. The van der Waals surface area contributed by atoms with Crippen LogP contribution in [0.15, 0.2) is 0 Å². The number of alkyl halides is 3. The van der Waals surface area contributed by atoms with Gasteiger partial charge in [-0.05, 0) is 17.9 Å². The molecule has 10 heteroatoms. The molecule has 7 nitrogen and oxygen atoms in total. The summed E-state index contributed by atoms with van der Waals surface area (Å²) in [5.41, 5.74) is -3.13. The van der Waals surface area contributed by atoms with Crippen LogP contribution in [-0.4, -0.2) is 37.7 Å². The molecule has 0 radical (unpaired) electrons. The van der Waals surface area contributed by atoms with E-state index in [-0.39, 0.29) is 17.9 Å². The standard InChI is InChI=1S/C16H17F3N2O5/c1-8(2)7-9-10(14(22)24-3)12(16(17,18)19)21-13(26-6-5-20)11(9)15(23)25-4/h8H,6-7H2,1-4H3. The van der Waals surface area contributed by atoms with Crippen molar-refractivity contribution in [1.29, 1.82) is 5.26 Å². The fourth-order valence-corrected chi connectivity index (χ4v) is 2.27. The summed E-state index contributed by atoms with van der Waals surface area (Å²) in [5, 5.41) is 8.62. The molecule has 0 N–H and O–H groups in total. The lowest BCUT2D eigenvalue weighted by Crippen LogP contribution is -2.24. The minimum Gasteiger partial charge on any atom is -0.465 e. The summed E-state index contributed by atoms with van der Waals surface area (Å²) < 4.78 is 54.4. The van der Waals surface area contributed by atoms with E-state index in [0.29, 0.717) is 0 Å². The largest absolute Gasteiger partial charge is 0.465 e. The van der Waals surface area contributed by atoms with Crippen LogP contribution in [0, 0.1) is 17.2 Å². The van der Waals surface area contributed by atoms with Crippen LogP contribution in [0.5, 0.6) is 5.88 Å². The summed E-state index contributed by atoms with van der Waals surface area (Å²) in [7, 11) is 1.94. The zero-order valence-electron chi connectivity index (χ0n) is 14.6. The zero-order valence-corrected chi connectivity index (χ0v) is 14.6. The van der Waals surface area contributed by atoms with Crippen molar-refractivity contribution in [2.45, 2.75) is 26.4 Å². The summed E-state index contributed by atoms with van der Waals surface area (Å²) in [6.07, 6.45) is -5.10. The van der Waals surface area contributed by atoms with E-state index in [1.165, 1.54) is 0 Å². The van der Waals surface area contributed by atoms with Crippen LogP contribution >= 0.6 is 0 Å². The Balaban J connectivity index is 3.98. The number of hydrogen-bond donors (Lipinski definition) is 0. The Morgan fingerprint density at radius 1 is 1.15 bits per heavy atom. The minimum atomic E-state index is -5.02. The van der Waals surface area contributed by atoms with E-state index in [2.05, 4.69) is 14.5 Å². The van der Waals surface area contributed by atoms with Gasteiger partial charge in [-0.1, -0.05) is 13.8 Å². The maximum absolute atomic E-state index is 13.5. The topological polar surface area (TPSA) is 98.5 Å². The van der Waals surface area contributed by atoms with Crippen LogP contribution in [-0.2, 0) is 22.1 Å². The van der Waals surface area contributed by atoms with E-state index in [1.807, 2.05) is 0 Å². The minimum absolute atomic E-state index is 0.0800. The number of nitrogens with zero attached hydrogens (tertiary/aromatic N) is 2. The van der Waals surface area contributed by atoms with E-state index in [1.54, 1.807) is 19.9 Å². The molecule has 26 heavy (non-hydrogen) atoms. The Labute approximate surface area is 147 Å². The van der Waals surface area contributed by atoms with Crippen molar-refractivity contribution >= 4 is 11.9 Å². The van der Waals surface area contributed by atoms with Crippen LogP contribution < -0.4 is 4.74 Å². The van der Waals surface area contributed by atoms with Gasteiger partial charge in [-0.3, -0.25) is 0 Å². The van der Waals surface area contributed by atoms with Crippen molar-refractivity contribution in [3.8, 4) is 11.9 Å². The van der Waals surface area contributed by atoms with Gasteiger partial charge in [0.05, 0.1) is 19.8 Å². The van der Waals surface area contributed by atoms with Gasteiger partial charge in [0.25, 0.3) is 0 Å². The fourth-order valence-electron chi connectivity index (χ4n) is 2.27. The molecule has 0 atom stereocenters. The van der Waals surface area contributed by atoms with Gasteiger partial charge in [0.15, 0.2) is 12.3 Å². The highest BCUT2D eigenvalue weighted by Gasteiger charge is 2.42. The van der Waals surface area contributed by atoms with E-state index in [0.717, 1.165) is 14.2 Å². The first kappa shape index (κ1) is 21.2. The highest BCUT2D eigenvalue weighted by atomic mass is 19.4. The Kier molecular flexibility index (Phi) is 6.94. The van der Waals surface area contributed by atoms with Gasteiger partial charge in [0.1, 0.15) is 11.6 Å². The average Bonchev–Trinajstić information content (AvgIpc) is 2.56. The van der Waals surface area contributed by atoms with Crippen molar-refractivity contribution in [3.63, 3.8) is 0 Å². The van der Waals surface area contributed by atoms with Crippen LogP contribution in [0.3, 0.4) is 0 Å². The quantitative estimate of drug-likeness (QED) is 0.706. The molecule has 142 valence electrons. The molecule has 1 aromatic rings. The number of aromatic nitrogens is 1. The van der Waals surface area contributed by atoms with Gasteiger partial charge in [0, 0.05) is 0 Å². The molecular weight excluding hydrogens is 357 g/mol. The van der Waals surface area contributed by atoms with Crippen LogP contribution in [0.2, 0.25) is 0 Å². The normalized spacial score (nSPS) is 11.0. The lowest BCUT2D eigenvalue weighted by molar-refractivity contribution is -0.142. The zero-order chi connectivity index (χ0) is 20.1. The molecular formula is C16H17F3N2O5. The molecule has 1 heterocycles. The number of halogens is 3. The number of ether oxygens (including phenoxy) is 3. The number of rotatable bonds is 6. The number of carbonyl (C=O) groups is 2. The summed E-state index contributed by atoms with van der Waals surface area (Å²) in [4.78, 5) is 27.5. The first-order valence-electron chi connectivity index (χ1n) is 7.38. The molecule has 0 aliphatic heterocycles. The summed E-state index contributed by atoms with van der Waals surface area (Å²) in [5.74, 6) is -3.29. The maximum atomic E-state index is 13.5. The Morgan fingerprint density at radius 2 is 1.69 bits per heavy atom. The lowest BCUT2D eigenvalue weighted by Gasteiger charge is -2.20.